The summed E-state index contributed by atoms with van der Waals surface area (Å²) in [5.41, 5.74) is 9.82. The van der Waals surface area contributed by atoms with Gasteiger partial charge >= 0.3 is 37.9 Å². The molecule has 12 rings (SSSR count). The Kier molecular flexibility index (Phi) is 14.1. The van der Waals surface area contributed by atoms with Crippen LogP contribution in [0.4, 0.5) is 0 Å². The van der Waals surface area contributed by atoms with Crippen LogP contribution >= 0.6 is 17.0 Å². The smallest absolute Gasteiger partial charge is 0.0114 e. The summed E-state index contributed by atoms with van der Waals surface area (Å²) in [4.78, 5) is 0. The molecule has 0 amide bonds. The minimum atomic E-state index is -0.826. The Labute approximate surface area is 392 Å². The van der Waals surface area contributed by atoms with Crippen LogP contribution in [0, 0.1) is 22.7 Å². The van der Waals surface area contributed by atoms with Crippen molar-refractivity contribution in [3.8, 4) is 22.3 Å². The molecule has 0 saturated heterocycles. The van der Waals surface area contributed by atoms with Crippen LogP contribution in [0.25, 0.3) is 65.3 Å². The first-order valence-electron chi connectivity index (χ1n) is 23.4. The van der Waals surface area contributed by atoms with E-state index in [1.54, 1.807) is 11.1 Å². The summed E-state index contributed by atoms with van der Waals surface area (Å²) in [6.45, 7) is 4.46. The van der Waals surface area contributed by atoms with Crippen LogP contribution in [-0.4, -0.2) is 9.52 Å². The Morgan fingerprint density at radius 1 is 0.532 bits per heavy atom. The Balaban J connectivity index is 0.000000135. The zero-order chi connectivity index (χ0) is 42.5. The van der Waals surface area contributed by atoms with E-state index in [2.05, 4.69) is 159 Å². The van der Waals surface area contributed by atoms with Gasteiger partial charge in [-0.2, -0.15) is 12.1 Å². The van der Waals surface area contributed by atoms with Crippen LogP contribution in [0.1, 0.15) is 88.7 Å². The number of hydrogen-bond donors (Lipinski definition) is 0. The van der Waals surface area contributed by atoms with Gasteiger partial charge in [0, 0.05) is 9.52 Å². The molecule has 4 fully saturated rings. The molecule has 2 radical (unpaired) electrons. The van der Waals surface area contributed by atoms with Crippen molar-refractivity contribution >= 4 is 69.6 Å². The molecule has 8 aromatic rings. The Morgan fingerprint density at radius 2 is 0.903 bits per heavy atom. The predicted molar refractivity (Wildman–Crippen MR) is 269 cm³/mol. The van der Waals surface area contributed by atoms with Crippen LogP contribution in [-0.2, 0) is 33.7 Å². The normalized spacial score (nSPS) is 21.9. The third-order valence-corrected chi connectivity index (χ3v) is 16.2. The van der Waals surface area contributed by atoms with Gasteiger partial charge in [-0.25, -0.2) is 0 Å². The van der Waals surface area contributed by atoms with E-state index in [0.29, 0.717) is 10.8 Å². The van der Waals surface area contributed by atoms with Crippen molar-refractivity contribution in [1.29, 1.82) is 0 Å². The van der Waals surface area contributed by atoms with Gasteiger partial charge in [-0.15, -0.1) is 69.1 Å². The molecular formula is C58H60Cl2SiZr. The predicted octanol–water partition coefficient (Wildman–Crippen LogP) is 17.9. The topological polar surface area (TPSA) is 0 Å². The van der Waals surface area contributed by atoms with E-state index in [1.165, 1.54) is 155 Å². The molecule has 0 N–H and O–H groups in total. The number of benzene rings is 6. The van der Waals surface area contributed by atoms with Gasteiger partial charge in [0.2, 0.25) is 0 Å². The fraction of sp³-hybridized carbons (Fsp3) is 0.345. The van der Waals surface area contributed by atoms with Crippen molar-refractivity contribution in [1.82, 2.24) is 0 Å². The van der Waals surface area contributed by atoms with E-state index < -0.39 is 20.8 Å². The molecule has 0 aliphatic heterocycles. The second-order valence-corrected chi connectivity index (χ2v) is 24.2. The first-order valence-corrected chi connectivity index (χ1v) is 31.4. The summed E-state index contributed by atoms with van der Waals surface area (Å²) in [6, 6.07) is 55.8. The van der Waals surface area contributed by atoms with Gasteiger partial charge in [0.1, 0.15) is 0 Å². The zero-order valence-corrected chi connectivity index (χ0v) is 41.6. The van der Waals surface area contributed by atoms with E-state index in [0.717, 1.165) is 21.4 Å². The molecular weight excluding hydrogens is 887 g/mol. The maximum atomic E-state index is 4.93. The standard InChI is InChI=1S/2C27H25.C4H10Si.2ClH.Zr/c2*1-2-8-23-21(5-1)6-3-9-24(23)25-10-4-7-22-15-20(16-26(22)25)18-27-13-11-19(17-27)12-14-27;1-3-4-5-2;;;/h2*1-10,15-16,19H,11-14,17-18H2;3-4H2,1-2H3;2*1H;/q2*-1;;;;+4/p-2. The molecule has 8 aromatic carbocycles. The van der Waals surface area contributed by atoms with Crippen LogP contribution in [0.15, 0.2) is 146 Å². The largest absolute Gasteiger partial charge is 0.164 e. The average molecular weight is 947 g/mol. The monoisotopic (exact) mass is 944 g/mol. The summed E-state index contributed by atoms with van der Waals surface area (Å²) in [6.07, 6.45) is 18.6. The third-order valence-electron chi connectivity index (χ3n) is 15.2. The van der Waals surface area contributed by atoms with Crippen molar-refractivity contribution in [3.63, 3.8) is 0 Å². The number of hydrogen-bond acceptors (Lipinski definition) is 0. The van der Waals surface area contributed by atoms with Crippen molar-refractivity contribution in [2.45, 2.75) is 103 Å². The quantitative estimate of drug-likeness (QED) is 0.105. The number of fused-ring (bicyclic) bond motifs is 8. The summed E-state index contributed by atoms with van der Waals surface area (Å²) in [7, 11) is 11.0. The minimum Gasteiger partial charge on any atom is -0.164 e. The van der Waals surface area contributed by atoms with Gasteiger partial charge in [0.25, 0.3) is 0 Å². The van der Waals surface area contributed by atoms with Crippen molar-refractivity contribution in [2.75, 3.05) is 0 Å². The second-order valence-electron chi connectivity index (χ2n) is 19.2. The maximum Gasteiger partial charge on any atom is -0.0114 e. The summed E-state index contributed by atoms with van der Waals surface area (Å²) >= 11 is -0.826. The zero-order valence-electron chi connectivity index (χ0n) is 36.7. The molecule has 0 atom stereocenters. The molecule has 4 bridgehead atoms. The van der Waals surface area contributed by atoms with E-state index in [-0.39, 0.29) is 0 Å². The summed E-state index contributed by atoms with van der Waals surface area (Å²) < 4.78 is 0. The van der Waals surface area contributed by atoms with Crippen LogP contribution in [0.2, 0.25) is 12.6 Å². The van der Waals surface area contributed by atoms with Gasteiger partial charge in [-0.1, -0.05) is 134 Å². The molecule has 4 aliphatic rings. The Bertz CT molecular complexity index is 2540. The molecule has 0 nitrogen and oxygen atoms in total. The van der Waals surface area contributed by atoms with Gasteiger partial charge in [-0.05, 0) is 132 Å². The fourth-order valence-corrected chi connectivity index (χ4v) is 12.9. The second kappa shape index (κ2) is 19.9. The minimum absolute atomic E-state index is 0.620. The fourth-order valence-electron chi connectivity index (χ4n) is 12.4. The van der Waals surface area contributed by atoms with Gasteiger partial charge in [0.05, 0.1) is 0 Å². The van der Waals surface area contributed by atoms with Crippen molar-refractivity contribution < 1.29 is 20.8 Å². The van der Waals surface area contributed by atoms with Crippen LogP contribution in [0.5, 0.6) is 0 Å². The summed E-state index contributed by atoms with van der Waals surface area (Å²) in [5, 5.41) is 11.0. The molecule has 62 heavy (non-hydrogen) atoms. The number of rotatable bonds is 8. The number of halogens is 2. The molecule has 0 aromatic heterocycles. The van der Waals surface area contributed by atoms with Crippen LogP contribution in [0.3, 0.4) is 0 Å². The average Bonchev–Trinajstić information content (AvgIpc) is 4.18. The van der Waals surface area contributed by atoms with E-state index >= 15 is 0 Å². The Morgan fingerprint density at radius 3 is 1.26 bits per heavy atom. The molecule has 0 spiro atoms. The van der Waals surface area contributed by atoms with E-state index in [4.69, 9.17) is 17.0 Å². The van der Waals surface area contributed by atoms with Gasteiger partial charge in [0.15, 0.2) is 0 Å². The molecule has 314 valence electrons. The van der Waals surface area contributed by atoms with Gasteiger partial charge in [-0.3, -0.25) is 0 Å². The molecule has 0 unspecified atom stereocenters. The van der Waals surface area contributed by atoms with Gasteiger partial charge < -0.3 is 0 Å². The van der Waals surface area contributed by atoms with Crippen molar-refractivity contribution in [3.05, 3.63) is 157 Å². The molecule has 4 aliphatic carbocycles. The Hall–Kier alpha value is -3.26. The first-order chi connectivity index (χ1) is 30.4. The van der Waals surface area contributed by atoms with Crippen molar-refractivity contribution in [2.24, 2.45) is 22.7 Å². The summed E-state index contributed by atoms with van der Waals surface area (Å²) in [5.74, 6) is 2.06. The SMILES string of the molecule is CCC[Si]C.[Cl][Zr+2][Cl].c1ccc2c(-c3cccc4[cH-]c(CC56CCC(CC5)C6)cc34)cccc2c1.c1ccc2c(-c3cccc4[cH-]c(CC56CCC(CC5)C6)cc34)cccc2c1. The first kappa shape index (κ1) is 44.0. The van der Waals surface area contributed by atoms with E-state index in [9.17, 15) is 0 Å². The molecule has 4 saturated carbocycles. The maximum absolute atomic E-state index is 4.93. The molecule has 4 heteroatoms. The third kappa shape index (κ3) is 9.43. The molecule has 0 heterocycles. The van der Waals surface area contributed by atoms with E-state index in [1.807, 2.05) is 0 Å². The van der Waals surface area contributed by atoms with Crippen LogP contribution < -0.4 is 0 Å².